The summed E-state index contributed by atoms with van der Waals surface area (Å²) in [6, 6.07) is 0. The molecule has 0 aromatic rings. The van der Waals surface area contributed by atoms with Crippen molar-refractivity contribution in [3.8, 4) is 0 Å². The van der Waals surface area contributed by atoms with Gasteiger partial charge in [-0.25, -0.2) is 0 Å². The molecule has 5 heteroatoms. The number of hydrogen-bond acceptors (Lipinski definition) is 3. The number of carboxylic acids is 1. The number of likely N-dealkylation sites (tertiary alicyclic amines) is 1. The van der Waals surface area contributed by atoms with Crippen molar-refractivity contribution in [1.29, 1.82) is 0 Å². The number of carbonyl (C=O) groups excluding carboxylic acids is 1. The van der Waals surface area contributed by atoms with Crippen LogP contribution in [0.2, 0.25) is 0 Å². The molecule has 2 atom stereocenters. The molecule has 2 rings (SSSR count). The first-order chi connectivity index (χ1) is 8.84. The van der Waals surface area contributed by atoms with Crippen molar-refractivity contribution in [2.45, 2.75) is 26.7 Å². The summed E-state index contributed by atoms with van der Waals surface area (Å²) < 4.78 is 0. The van der Waals surface area contributed by atoms with Gasteiger partial charge in [-0.05, 0) is 44.3 Å². The molecule has 19 heavy (non-hydrogen) atoms. The predicted octanol–water partition coefficient (Wildman–Crippen LogP) is 0.801. The highest BCUT2D eigenvalue weighted by Crippen LogP contribution is 2.58. The molecule has 1 aliphatic heterocycles. The van der Waals surface area contributed by atoms with E-state index in [1.165, 1.54) is 0 Å². The van der Waals surface area contributed by atoms with Crippen molar-refractivity contribution < 1.29 is 14.7 Å². The molecule has 5 nitrogen and oxygen atoms in total. The summed E-state index contributed by atoms with van der Waals surface area (Å²) in [7, 11) is 2.11. The fraction of sp³-hybridized carbons (Fsp3) is 0.857. The first-order valence-electron chi connectivity index (χ1n) is 7.03. The molecule has 1 aliphatic carbocycles. The molecule has 0 aromatic carbocycles. The maximum atomic E-state index is 12.1. The molecule has 0 spiro atoms. The van der Waals surface area contributed by atoms with Crippen LogP contribution < -0.4 is 5.32 Å². The fourth-order valence-electron chi connectivity index (χ4n) is 3.21. The molecule has 1 saturated carbocycles. The Labute approximate surface area is 114 Å². The van der Waals surface area contributed by atoms with Gasteiger partial charge in [0.05, 0.1) is 11.8 Å². The molecule has 2 aliphatic rings. The average Bonchev–Trinajstić information content (AvgIpc) is 2.91. The first-order valence-corrected chi connectivity index (χ1v) is 7.03. The lowest BCUT2D eigenvalue weighted by Gasteiger charge is -2.29. The molecular formula is C14H24N2O3. The lowest BCUT2D eigenvalue weighted by molar-refractivity contribution is -0.140. The van der Waals surface area contributed by atoms with Crippen LogP contribution in [0.3, 0.4) is 0 Å². The minimum Gasteiger partial charge on any atom is -0.481 e. The molecular weight excluding hydrogens is 244 g/mol. The van der Waals surface area contributed by atoms with Gasteiger partial charge < -0.3 is 15.3 Å². The Kier molecular flexibility index (Phi) is 3.85. The number of piperidine rings is 1. The molecule has 0 bridgehead atoms. The summed E-state index contributed by atoms with van der Waals surface area (Å²) in [6.45, 7) is 6.54. The van der Waals surface area contributed by atoms with E-state index < -0.39 is 17.3 Å². The smallest absolute Gasteiger partial charge is 0.307 e. The van der Waals surface area contributed by atoms with Crippen LogP contribution >= 0.6 is 0 Å². The van der Waals surface area contributed by atoms with Crippen LogP contribution in [0.5, 0.6) is 0 Å². The third-order valence-electron chi connectivity index (χ3n) is 4.78. The number of aliphatic carboxylic acids is 1. The third kappa shape index (κ3) is 2.91. The second kappa shape index (κ2) is 5.12. The Bertz CT molecular complexity index is 373. The fourth-order valence-corrected chi connectivity index (χ4v) is 3.21. The van der Waals surface area contributed by atoms with E-state index in [9.17, 15) is 9.59 Å². The number of carbonyl (C=O) groups is 2. The standard InChI is InChI=1S/C14H24N2O3/c1-14(2)10(11(14)13(18)19)12(17)15-8-9-4-6-16(3)7-5-9/h9-11H,4-8H2,1-3H3,(H,15,17)(H,18,19)/t10-,11+/m1/s1. The number of nitrogens with one attached hydrogen (secondary N) is 1. The Morgan fingerprint density at radius 2 is 1.84 bits per heavy atom. The third-order valence-corrected chi connectivity index (χ3v) is 4.78. The molecule has 1 amide bonds. The lowest BCUT2D eigenvalue weighted by Crippen LogP contribution is -2.37. The largest absolute Gasteiger partial charge is 0.481 e. The second-order valence-electron chi connectivity index (χ2n) is 6.61. The van der Waals surface area contributed by atoms with Gasteiger partial charge in [0.1, 0.15) is 0 Å². The maximum absolute atomic E-state index is 12.1. The molecule has 0 aromatic heterocycles. The second-order valence-corrected chi connectivity index (χ2v) is 6.61. The Balaban J connectivity index is 1.78. The van der Waals surface area contributed by atoms with E-state index in [-0.39, 0.29) is 11.8 Å². The number of hydrogen-bond donors (Lipinski definition) is 2. The Hall–Kier alpha value is -1.10. The molecule has 2 N–H and O–H groups in total. The van der Waals surface area contributed by atoms with E-state index in [0.717, 1.165) is 25.9 Å². The van der Waals surface area contributed by atoms with Crippen LogP contribution in [-0.2, 0) is 9.59 Å². The molecule has 0 radical (unpaired) electrons. The number of nitrogens with zero attached hydrogens (tertiary/aromatic N) is 1. The summed E-state index contributed by atoms with van der Waals surface area (Å²) in [6.07, 6.45) is 2.21. The summed E-state index contributed by atoms with van der Waals surface area (Å²) in [5, 5.41) is 12.0. The zero-order valence-electron chi connectivity index (χ0n) is 12.0. The average molecular weight is 268 g/mol. The van der Waals surface area contributed by atoms with E-state index >= 15 is 0 Å². The van der Waals surface area contributed by atoms with Crippen molar-refractivity contribution >= 4 is 11.9 Å². The summed E-state index contributed by atoms with van der Waals surface area (Å²) in [5.74, 6) is -1.30. The lowest BCUT2D eigenvalue weighted by atomic mass is 9.97. The minimum atomic E-state index is -0.857. The van der Waals surface area contributed by atoms with E-state index in [4.69, 9.17) is 5.11 Å². The summed E-state index contributed by atoms with van der Waals surface area (Å²) >= 11 is 0. The predicted molar refractivity (Wildman–Crippen MR) is 71.6 cm³/mol. The van der Waals surface area contributed by atoms with Gasteiger partial charge in [-0.15, -0.1) is 0 Å². The number of amides is 1. The van der Waals surface area contributed by atoms with Crippen LogP contribution in [0, 0.1) is 23.2 Å². The van der Waals surface area contributed by atoms with Crippen molar-refractivity contribution in [3.63, 3.8) is 0 Å². The number of carboxylic acid groups (broad SMARTS) is 1. The van der Waals surface area contributed by atoms with Gasteiger partial charge >= 0.3 is 5.97 Å². The van der Waals surface area contributed by atoms with Crippen molar-refractivity contribution in [2.75, 3.05) is 26.7 Å². The van der Waals surface area contributed by atoms with Crippen LogP contribution in [0.4, 0.5) is 0 Å². The summed E-state index contributed by atoms with van der Waals surface area (Å²) in [5.41, 5.74) is -0.400. The van der Waals surface area contributed by atoms with Gasteiger partial charge in [-0.3, -0.25) is 9.59 Å². The van der Waals surface area contributed by atoms with Gasteiger partial charge in [0.25, 0.3) is 0 Å². The Morgan fingerprint density at radius 1 is 1.26 bits per heavy atom. The van der Waals surface area contributed by atoms with Crippen LogP contribution in [0.25, 0.3) is 0 Å². The van der Waals surface area contributed by atoms with Gasteiger partial charge in [0.2, 0.25) is 5.91 Å². The minimum absolute atomic E-state index is 0.0867. The monoisotopic (exact) mass is 268 g/mol. The topological polar surface area (TPSA) is 69.6 Å². The first kappa shape index (κ1) is 14.3. The molecule has 2 fully saturated rings. The van der Waals surface area contributed by atoms with Gasteiger partial charge in [-0.2, -0.15) is 0 Å². The molecule has 0 unspecified atom stereocenters. The molecule has 108 valence electrons. The zero-order chi connectivity index (χ0) is 14.2. The van der Waals surface area contributed by atoms with E-state index in [1.807, 2.05) is 13.8 Å². The highest BCUT2D eigenvalue weighted by Gasteiger charge is 2.65. The van der Waals surface area contributed by atoms with Gasteiger partial charge in [0, 0.05) is 6.54 Å². The molecule has 1 saturated heterocycles. The Morgan fingerprint density at radius 3 is 2.32 bits per heavy atom. The summed E-state index contributed by atoms with van der Waals surface area (Å²) in [4.78, 5) is 25.4. The van der Waals surface area contributed by atoms with E-state index in [0.29, 0.717) is 12.5 Å². The van der Waals surface area contributed by atoms with Crippen LogP contribution in [0.15, 0.2) is 0 Å². The normalized spacial score (nSPS) is 30.9. The quantitative estimate of drug-likeness (QED) is 0.791. The van der Waals surface area contributed by atoms with E-state index in [1.54, 1.807) is 0 Å². The van der Waals surface area contributed by atoms with Crippen molar-refractivity contribution in [1.82, 2.24) is 10.2 Å². The van der Waals surface area contributed by atoms with Gasteiger partial charge in [0.15, 0.2) is 0 Å². The van der Waals surface area contributed by atoms with Crippen molar-refractivity contribution in [3.05, 3.63) is 0 Å². The highest BCUT2D eigenvalue weighted by atomic mass is 16.4. The zero-order valence-corrected chi connectivity index (χ0v) is 12.0. The van der Waals surface area contributed by atoms with Crippen LogP contribution in [-0.4, -0.2) is 48.6 Å². The SMILES string of the molecule is CN1CCC(CNC(=O)[C@H]2[C@@H](C(=O)O)C2(C)C)CC1. The van der Waals surface area contributed by atoms with Crippen LogP contribution in [0.1, 0.15) is 26.7 Å². The van der Waals surface area contributed by atoms with Crippen molar-refractivity contribution in [2.24, 2.45) is 23.2 Å². The highest BCUT2D eigenvalue weighted by molar-refractivity contribution is 5.91. The van der Waals surface area contributed by atoms with E-state index in [2.05, 4.69) is 17.3 Å². The van der Waals surface area contributed by atoms with Gasteiger partial charge in [-0.1, -0.05) is 13.8 Å². The maximum Gasteiger partial charge on any atom is 0.307 e. The number of rotatable bonds is 4. The molecule has 1 heterocycles.